The number of nitrogen functional groups attached to an aromatic ring is 1. The fraction of sp³-hybridized carbons (Fsp3) is 0.714. The molecule has 1 aliphatic rings. The molecule has 1 aromatic rings. The number of hydrogen-bond acceptors (Lipinski definition) is 4. The Labute approximate surface area is 119 Å². The molecule has 6 nitrogen and oxygen atoms in total. The highest BCUT2D eigenvalue weighted by Gasteiger charge is 2.14. The van der Waals surface area contributed by atoms with E-state index in [-0.39, 0.29) is 12.5 Å². The van der Waals surface area contributed by atoms with E-state index in [1.54, 1.807) is 4.68 Å². The summed E-state index contributed by atoms with van der Waals surface area (Å²) in [7, 11) is 0. The average molecular weight is 280 g/mol. The Bertz CT molecular complexity index is 464. The second-order valence-corrected chi connectivity index (χ2v) is 5.37. The van der Waals surface area contributed by atoms with Gasteiger partial charge in [0.25, 0.3) is 0 Å². The Morgan fingerprint density at radius 2 is 2.30 bits per heavy atom. The van der Waals surface area contributed by atoms with E-state index in [1.807, 2.05) is 13.8 Å². The van der Waals surface area contributed by atoms with Gasteiger partial charge in [-0.3, -0.25) is 9.48 Å². The number of carbonyl (C=O) groups excluding carboxylic acids is 1. The van der Waals surface area contributed by atoms with Gasteiger partial charge in [0.15, 0.2) is 0 Å². The lowest BCUT2D eigenvalue weighted by Gasteiger charge is -2.22. The van der Waals surface area contributed by atoms with Crippen LogP contribution in [0.2, 0.25) is 0 Å². The average Bonchev–Trinajstić information content (AvgIpc) is 2.67. The molecule has 0 spiro atoms. The van der Waals surface area contributed by atoms with Crippen LogP contribution in [0.15, 0.2) is 0 Å². The summed E-state index contributed by atoms with van der Waals surface area (Å²) in [6.07, 6.45) is 4.66. The van der Waals surface area contributed by atoms with Gasteiger partial charge in [0.05, 0.1) is 23.2 Å². The highest BCUT2D eigenvalue weighted by molar-refractivity contribution is 5.75. The molecule has 1 unspecified atom stereocenters. The third kappa shape index (κ3) is 3.72. The van der Waals surface area contributed by atoms with Crippen molar-refractivity contribution >= 4 is 11.6 Å². The first-order valence-electron chi connectivity index (χ1n) is 7.25. The second-order valence-electron chi connectivity index (χ2n) is 5.37. The number of amides is 1. The van der Waals surface area contributed by atoms with Crippen molar-refractivity contribution in [1.82, 2.24) is 15.1 Å². The molecule has 1 atom stereocenters. The number of nitrogens with zero attached hydrogens (tertiary/aromatic N) is 2. The molecule has 3 N–H and O–H groups in total. The Morgan fingerprint density at radius 3 is 2.90 bits per heavy atom. The van der Waals surface area contributed by atoms with Crippen molar-refractivity contribution in [3.05, 3.63) is 11.4 Å². The molecule has 112 valence electrons. The van der Waals surface area contributed by atoms with E-state index < -0.39 is 0 Å². The first-order valence-corrected chi connectivity index (χ1v) is 7.25. The zero-order valence-electron chi connectivity index (χ0n) is 12.3. The van der Waals surface area contributed by atoms with Gasteiger partial charge in [0, 0.05) is 13.2 Å². The third-order valence-corrected chi connectivity index (χ3v) is 3.79. The molecule has 1 aliphatic heterocycles. The van der Waals surface area contributed by atoms with Gasteiger partial charge in [-0.15, -0.1) is 0 Å². The van der Waals surface area contributed by atoms with Crippen molar-refractivity contribution in [2.24, 2.45) is 0 Å². The number of hydrogen-bond donors (Lipinski definition) is 2. The van der Waals surface area contributed by atoms with Gasteiger partial charge >= 0.3 is 0 Å². The van der Waals surface area contributed by atoms with Crippen LogP contribution in [0, 0.1) is 13.8 Å². The van der Waals surface area contributed by atoms with Gasteiger partial charge < -0.3 is 15.8 Å². The Morgan fingerprint density at radius 1 is 1.50 bits per heavy atom. The zero-order chi connectivity index (χ0) is 14.5. The number of nitrogens with two attached hydrogens (primary N) is 1. The molecule has 2 rings (SSSR count). The van der Waals surface area contributed by atoms with Crippen molar-refractivity contribution in [3.8, 4) is 0 Å². The lowest BCUT2D eigenvalue weighted by molar-refractivity contribution is -0.122. The van der Waals surface area contributed by atoms with Crippen LogP contribution in [0.3, 0.4) is 0 Å². The molecule has 0 aliphatic carbocycles. The van der Waals surface area contributed by atoms with E-state index in [2.05, 4.69) is 10.4 Å². The molecular formula is C14H24N4O2. The van der Waals surface area contributed by atoms with E-state index >= 15 is 0 Å². The molecule has 0 saturated carbocycles. The number of nitrogens with one attached hydrogen (secondary N) is 1. The van der Waals surface area contributed by atoms with Crippen LogP contribution < -0.4 is 11.1 Å². The summed E-state index contributed by atoms with van der Waals surface area (Å²) < 4.78 is 7.28. The molecule has 1 fully saturated rings. The summed E-state index contributed by atoms with van der Waals surface area (Å²) in [6.45, 7) is 5.44. The Hall–Kier alpha value is -1.56. The molecule has 1 aromatic heterocycles. The monoisotopic (exact) mass is 280 g/mol. The van der Waals surface area contributed by atoms with Gasteiger partial charge in [-0.1, -0.05) is 0 Å². The minimum absolute atomic E-state index is 0.0357. The molecule has 1 saturated heterocycles. The molecule has 20 heavy (non-hydrogen) atoms. The molecule has 0 radical (unpaired) electrons. The highest BCUT2D eigenvalue weighted by Crippen LogP contribution is 2.15. The van der Waals surface area contributed by atoms with Crippen LogP contribution in [0.4, 0.5) is 5.69 Å². The number of aryl methyl sites for hydroxylation is 1. The van der Waals surface area contributed by atoms with Crippen molar-refractivity contribution in [1.29, 1.82) is 0 Å². The van der Waals surface area contributed by atoms with E-state index in [0.29, 0.717) is 18.3 Å². The minimum atomic E-state index is -0.0357. The second kappa shape index (κ2) is 6.74. The van der Waals surface area contributed by atoms with E-state index in [1.165, 1.54) is 6.42 Å². The van der Waals surface area contributed by atoms with Crippen LogP contribution in [0.5, 0.6) is 0 Å². The third-order valence-electron chi connectivity index (χ3n) is 3.79. The van der Waals surface area contributed by atoms with Gasteiger partial charge in [-0.25, -0.2) is 0 Å². The van der Waals surface area contributed by atoms with Gasteiger partial charge in [0.2, 0.25) is 5.91 Å². The summed E-state index contributed by atoms with van der Waals surface area (Å²) in [4.78, 5) is 11.9. The van der Waals surface area contributed by atoms with Crippen LogP contribution in [0.1, 0.15) is 37.1 Å². The molecule has 0 bridgehead atoms. The maximum absolute atomic E-state index is 11.9. The normalized spacial score (nSPS) is 19.0. The SMILES string of the molecule is Cc1nn(CC(=O)NCCC2CCCCO2)c(C)c1N. The first kappa shape index (κ1) is 14.8. The maximum Gasteiger partial charge on any atom is 0.241 e. The number of anilines is 1. The fourth-order valence-electron chi connectivity index (χ4n) is 2.46. The Kier molecular flexibility index (Phi) is 5.00. The topological polar surface area (TPSA) is 82.2 Å². The van der Waals surface area contributed by atoms with Crippen molar-refractivity contribution < 1.29 is 9.53 Å². The summed E-state index contributed by atoms with van der Waals surface area (Å²) >= 11 is 0. The molecule has 1 amide bonds. The molecular weight excluding hydrogens is 256 g/mol. The van der Waals surface area contributed by atoms with Crippen molar-refractivity contribution in [3.63, 3.8) is 0 Å². The zero-order valence-corrected chi connectivity index (χ0v) is 12.3. The smallest absolute Gasteiger partial charge is 0.241 e. The highest BCUT2D eigenvalue weighted by atomic mass is 16.5. The summed E-state index contributed by atoms with van der Waals surface area (Å²) in [5.74, 6) is -0.0357. The van der Waals surface area contributed by atoms with Crippen LogP contribution in [-0.2, 0) is 16.1 Å². The quantitative estimate of drug-likeness (QED) is 0.848. The molecule has 0 aromatic carbocycles. The largest absolute Gasteiger partial charge is 0.396 e. The van der Waals surface area contributed by atoms with Gasteiger partial charge in [0.1, 0.15) is 6.54 Å². The minimum Gasteiger partial charge on any atom is -0.396 e. The Balaban J connectivity index is 1.73. The van der Waals surface area contributed by atoms with Gasteiger partial charge in [-0.05, 0) is 39.5 Å². The van der Waals surface area contributed by atoms with Crippen LogP contribution in [0.25, 0.3) is 0 Å². The maximum atomic E-state index is 11.9. The predicted octanol–water partition coefficient (Wildman–Crippen LogP) is 1.16. The lowest BCUT2D eigenvalue weighted by Crippen LogP contribution is -2.32. The lowest BCUT2D eigenvalue weighted by atomic mass is 10.1. The number of rotatable bonds is 5. The van der Waals surface area contributed by atoms with E-state index in [4.69, 9.17) is 10.5 Å². The fourth-order valence-corrected chi connectivity index (χ4v) is 2.46. The number of ether oxygens (including phenoxy) is 1. The predicted molar refractivity (Wildman–Crippen MR) is 77.3 cm³/mol. The van der Waals surface area contributed by atoms with Crippen molar-refractivity contribution in [2.75, 3.05) is 18.9 Å². The van der Waals surface area contributed by atoms with E-state index in [9.17, 15) is 4.79 Å². The summed E-state index contributed by atoms with van der Waals surface area (Å²) in [5.41, 5.74) is 8.12. The number of carbonyl (C=O) groups is 1. The van der Waals surface area contributed by atoms with Crippen molar-refractivity contribution in [2.45, 2.75) is 52.2 Å². The van der Waals surface area contributed by atoms with Gasteiger partial charge in [-0.2, -0.15) is 5.10 Å². The van der Waals surface area contributed by atoms with Crippen LogP contribution >= 0.6 is 0 Å². The summed E-state index contributed by atoms with van der Waals surface area (Å²) in [5, 5.41) is 7.17. The standard InChI is InChI=1S/C14H24N4O2/c1-10-14(15)11(2)18(17-10)9-13(19)16-7-6-12-5-3-4-8-20-12/h12H,3-9,15H2,1-2H3,(H,16,19). The molecule has 2 heterocycles. The number of aromatic nitrogens is 2. The first-order chi connectivity index (χ1) is 9.58. The molecule has 6 heteroatoms. The summed E-state index contributed by atoms with van der Waals surface area (Å²) in [6, 6.07) is 0. The van der Waals surface area contributed by atoms with E-state index in [0.717, 1.165) is 37.3 Å². The van der Waals surface area contributed by atoms with Crippen LogP contribution in [-0.4, -0.2) is 34.9 Å².